The predicted molar refractivity (Wildman–Crippen MR) is 125 cm³/mol. The number of hydrogen-bond acceptors (Lipinski definition) is 4. The molecule has 0 spiro atoms. The normalized spacial score (nSPS) is 14.5. The summed E-state index contributed by atoms with van der Waals surface area (Å²) in [6, 6.07) is 22.4. The molecule has 3 aromatic rings. The Labute approximate surface area is 193 Å². The van der Waals surface area contributed by atoms with Crippen LogP contribution in [0.3, 0.4) is 0 Å². The van der Waals surface area contributed by atoms with Gasteiger partial charge in [0.05, 0.1) is 24.3 Å². The van der Waals surface area contributed by atoms with Gasteiger partial charge in [-0.1, -0.05) is 61.5 Å². The van der Waals surface area contributed by atoms with E-state index in [-0.39, 0.29) is 18.4 Å². The zero-order valence-corrected chi connectivity index (χ0v) is 18.7. The second-order valence-electron chi connectivity index (χ2n) is 7.97. The van der Waals surface area contributed by atoms with Gasteiger partial charge in [0.25, 0.3) is 11.8 Å². The lowest BCUT2D eigenvalue weighted by Gasteiger charge is -2.28. The summed E-state index contributed by atoms with van der Waals surface area (Å²) < 4.78 is 5.22. The first-order valence-electron chi connectivity index (χ1n) is 11.0. The predicted octanol–water partition coefficient (Wildman–Crippen LogP) is 4.17. The molecule has 0 radical (unpaired) electrons. The number of hydrogen-bond donors (Lipinski definition) is 1. The number of carbonyl (C=O) groups excluding carboxylic acids is 3. The minimum absolute atomic E-state index is 0.233. The molecule has 33 heavy (non-hydrogen) atoms. The molecule has 0 aliphatic carbocycles. The highest BCUT2D eigenvalue weighted by atomic mass is 16.5. The molecule has 2 unspecified atom stereocenters. The topological polar surface area (TPSA) is 75.7 Å². The Kier molecular flexibility index (Phi) is 6.54. The molecule has 0 saturated heterocycles. The lowest BCUT2D eigenvalue weighted by molar-refractivity contribution is -0.125. The summed E-state index contributed by atoms with van der Waals surface area (Å²) in [5.41, 5.74) is 2.45. The molecule has 3 aromatic carbocycles. The average Bonchev–Trinajstić information content (AvgIpc) is 3.11. The lowest BCUT2D eigenvalue weighted by Crippen LogP contribution is -2.51. The fraction of sp³-hybridized carbons (Fsp3) is 0.222. The fourth-order valence-electron chi connectivity index (χ4n) is 4.15. The molecule has 6 nitrogen and oxygen atoms in total. The SMILES string of the molecule is CCC(NC(=O)C(Cc1ccccc1)N1C(=O)c2ccccc2C1=O)c1ccc(OC)cc1. The van der Waals surface area contributed by atoms with E-state index in [1.165, 1.54) is 0 Å². The van der Waals surface area contributed by atoms with Crippen LogP contribution in [0.4, 0.5) is 0 Å². The Morgan fingerprint density at radius 3 is 2.00 bits per heavy atom. The molecule has 6 heteroatoms. The van der Waals surface area contributed by atoms with E-state index in [2.05, 4.69) is 5.32 Å². The van der Waals surface area contributed by atoms with E-state index in [9.17, 15) is 14.4 Å². The average molecular weight is 443 g/mol. The van der Waals surface area contributed by atoms with E-state index in [1.54, 1.807) is 31.4 Å². The van der Waals surface area contributed by atoms with Crippen molar-refractivity contribution in [2.45, 2.75) is 31.8 Å². The van der Waals surface area contributed by atoms with Gasteiger partial charge in [0.2, 0.25) is 5.91 Å². The summed E-state index contributed by atoms with van der Waals surface area (Å²) in [5, 5.41) is 3.06. The van der Waals surface area contributed by atoms with Crippen molar-refractivity contribution in [3.05, 3.63) is 101 Å². The molecule has 1 aliphatic heterocycles. The van der Waals surface area contributed by atoms with Crippen molar-refractivity contribution in [1.29, 1.82) is 0 Å². The van der Waals surface area contributed by atoms with Gasteiger partial charge in [-0.25, -0.2) is 0 Å². The van der Waals surface area contributed by atoms with Gasteiger partial charge in [-0.3, -0.25) is 19.3 Å². The number of benzene rings is 3. The highest BCUT2D eigenvalue weighted by Crippen LogP contribution is 2.27. The van der Waals surface area contributed by atoms with Crippen molar-refractivity contribution >= 4 is 17.7 Å². The van der Waals surface area contributed by atoms with Gasteiger partial charge in [0.1, 0.15) is 11.8 Å². The molecule has 0 aromatic heterocycles. The van der Waals surface area contributed by atoms with Crippen LogP contribution in [0, 0.1) is 0 Å². The number of rotatable bonds is 8. The monoisotopic (exact) mass is 442 g/mol. The second-order valence-corrected chi connectivity index (χ2v) is 7.97. The van der Waals surface area contributed by atoms with Crippen LogP contribution in [-0.4, -0.2) is 35.8 Å². The van der Waals surface area contributed by atoms with Crippen LogP contribution in [0.25, 0.3) is 0 Å². The molecule has 0 bridgehead atoms. The van der Waals surface area contributed by atoms with Crippen LogP contribution in [0.2, 0.25) is 0 Å². The summed E-state index contributed by atoms with van der Waals surface area (Å²) >= 11 is 0. The van der Waals surface area contributed by atoms with Gasteiger partial charge in [-0.05, 0) is 41.8 Å². The minimum atomic E-state index is -0.966. The summed E-state index contributed by atoms with van der Waals surface area (Å²) in [7, 11) is 1.60. The Morgan fingerprint density at radius 1 is 0.879 bits per heavy atom. The number of fused-ring (bicyclic) bond motifs is 1. The number of nitrogens with one attached hydrogen (secondary N) is 1. The number of nitrogens with zero attached hydrogens (tertiary/aromatic N) is 1. The molecular weight excluding hydrogens is 416 g/mol. The zero-order valence-electron chi connectivity index (χ0n) is 18.7. The summed E-state index contributed by atoms with van der Waals surface area (Å²) in [5.74, 6) is -0.516. The molecule has 1 N–H and O–H groups in total. The quantitative estimate of drug-likeness (QED) is 0.532. The minimum Gasteiger partial charge on any atom is -0.497 e. The van der Waals surface area contributed by atoms with E-state index in [4.69, 9.17) is 4.74 Å². The third-order valence-electron chi connectivity index (χ3n) is 5.95. The standard InChI is InChI=1S/C27H26N2O4/c1-3-23(19-13-15-20(33-2)16-14-19)28-25(30)24(17-18-9-5-4-6-10-18)29-26(31)21-11-7-8-12-22(21)27(29)32/h4-16,23-24H,3,17H2,1-2H3,(H,28,30). The first kappa shape index (κ1) is 22.3. The Morgan fingerprint density at radius 2 is 1.45 bits per heavy atom. The molecule has 1 aliphatic rings. The fourth-order valence-corrected chi connectivity index (χ4v) is 4.15. The third kappa shape index (κ3) is 4.51. The second kappa shape index (κ2) is 9.69. The maximum Gasteiger partial charge on any atom is 0.262 e. The van der Waals surface area contributed by atoms with E-state index in [0.29, 0.717) is 17.5 Å². The van der Waals surface area contributed by atoms with Crippen molar-refractivity contribution in [1.82, 2.24) is 10.2 Å². The molecule has 0 saturated carbocycles. The molecule has 3 amide bonds. The van der Waals surface area contributed by atoms with Gasteiger partial charge in [0.15, 0.2) is 0 Å². The van der Waals surface area contributed by atoms with Gasteiger partial charge in [-0.15, -0.1) is 0 Å². The third-order valence-corrected chi connectivity index (χ3v) is 5.95. The number of ether oxygens (including phenoxy) is 1. The Hall–Kier alpha value is -3.93. The Balaban J connectivity index is 1.63. The van der Waals surface area contributed by atoms with Crippen LogP contribution in [0.15, 0.2) is 78.9 Å². The van der Waals surface area contributed by atoms with Crippen LogP contribution in [0.1, 0.15) is 51.2 Å². The first-order chi connectivity index (χ1) is 16.0. The highest BCUT2D eigenvalue weighted by molar-refractivity contribution is 6.22. The van der Waals surface area contributed by atoms with Crippen LogP contribution < -0.4 is 10.1 Å². The van der Waals surface area contributed by atoms with Crippen molar-refractivity contribution in [3.63, 3.8) is 0 Å². The number of amides is 3. The van der Waals surface area contributed by atoms with Crippen LogP contribution in [-0.2, 0) is 11.2 Å². The van der Waals surface area contributed by atoms with Gasteiger partial charge in [-0.2, -0.15) is 0 Å². The van der Waals surface area contributed by atoms with Crippen molar-refractivity contribution in [2.75, 3.05) is 7.11 Å². The zero-order chi connectivity index (χ0) is 23.4. The Bertz CT molecular complexity index is 1120. The van der Waals surface area contributed by atoms with Gasteiger partial charge in [0, 0.05) is 6.42 Å². The molecule has 0 fully saturated rings. The van der Waals surface area contributed by atoms with Crippen LogP contribution >= 0.6 is 0 Å². The maximum absolute atomic E-state index is 13.6. The van der Waals surface area contributed by atoms with Crippen molar-refractivity contribution < 1.29 is 19.1 Å². The largest absolute Gasteiger partial charge is 0.497 e. The number of imide groups is 1. The summed E-state index contributed by atoms with van der Waals surface area (Å²) in [6.45, 7) is 1.98. The maximum atomic E-state index is 13.6. The molecule has 4 rings (SSSR count). The molecule has 2 atom stereocenters. The number of carbonyl (C=O) groups is 3. The molecule has 168 valence electrons. The van der Waals surface area contributed by atoms with E-state index in [0.717, 1.165) is 21.8 Å². The van der Waals surface area contributed by atoms with Gasteiger partial charge < -0.3 is 10.1 Å². The van der Waals surface area contributed by atoms with E-state index >= 15 is 0 Å². The first-order valence-corrected chi connectivity index (χ1v) is 11.0. The van der Waals surface area contributed by atoms with E-state index in [1.807, 2.05) is 61.5 Å². The van der Waals surface area contributed by atoms with Gasteiger partial charge >= 0.3 is 0 Å². The summed E-state index contributed by atoms with van der Waals surface area (Å²) in [6.07, 6.45) is 0.884. The smallest absolute Gasteiger partial charge is 0.262 e. The highest BCUT2D eigenvalue weighted by Gasteiger charge is 2.43. The molecular formula is C27H26N2O4. The van der Waals surface area contributed by atoms with Crippen molar-refractivity contribution in [3.8, 4) is 5.75 Å². The van der Waals surface area contributed by atoms with Crippen molar-refractivity contribution in [2.24, 2.45) is 0 Å². The molecule has 1 heterocycles. The van der Waals surface area contributed by atoms with E-state index < -0.39 is 17.9 Å². The lowest BCUT2D eigenvalue weighted by atomic mass is 10.0. The summed E-state index contributed by atoms with van der Waals surface area (Å²) in [4.78, 5) is 41.0. The number of methoxy groups -OCH3 is 1. The van der Waals surface area contributed by atoms with Crippen LogP contribution in [0.5, 0.6) is 5.75 Å².